The fourth-order valence-corrected chi connectivity index (χ4v) is 3.95. The summed E-state index contributed by atoms with van der Waals surface area (Å²) in [5, 5.41) is 15.4. The van der Waals surface area contributed by atoms with Gasteiger partial charge in [-0.2, -0.15) is 5.10 Å². The Balaban J connectivity index is 1.90. The first-order valence-electron chi connectivity index (χ1n) is 12.3. The molecule has 0 spiro atoms. The van der Waals surface area contributed by atoms with Gasteiger partial charge in [0, 0.05) is 32.3 Å². The lowest BCUT2D eigenvalue weighted by atomic mass is 10.1. The zero-order valence-electron chi connectivity index (χ0n) is 21.4. The third-order valence-corrected chi connectivity index (χ3v) is 5.38. The van der Waals surface area contributed by atoms with Crippen molar-refractivity contribution in [1.29, 1.82) is 0 Å². The van der Waals surface area contributed by atoms with Gasteiger partial charge in [-0.15, -0.1) is 0 Å². The van der Waals surface area contributed by atoms with Gasteiger partial charge in [0.1, 0.15) is 11.6 Å². The quantitative estimate of drug-likeness (QED) is 0.343. The molecule has 0 aliphatic carbocycles. The highest BCUT2D eigenvalue weighted by molar-refractivity contribution is 5.43. The summed E-state index contributed by atoms with van der Waals surface area (Å²) in [5.74, 6) is 1.40. The van der Waals surface area contributed by atoms with Gasteiger partial charge in [0.2, 0.25) is 5.88 Å². The molecule has 0 unspecified atom stereocenters. The van der Waals surface area contributed by atoms with E-state index in [9.17, 15) is 9.50 Å². The summed E-state index contributed by atoms with van der Waals surface area (Å²) < 4.78 is 27.6. The van der Waals surface area contributed by atoms with Crippen LogP contribution in [0.25, 0.3) is 5.69 Å². The molecule has 0 saturated carbocycles. The predicted molar refractivity (Wildman–Crippen MR) is 137 cm³/mol. The molecule has 1 N–H and O–H groups in total. The summed E-state index contributed by atoms with van der Waals surface area (Å²) in [6.45, 7) is 13.1. The van der Waals surface area contributed by atoms with Gasteiger partial charge in [-0.25, -0.2) is 9.07 Å². The number of aliphatic hydroxyl groups excluding tert-OH is 1. The van der Waals surface area contributed by atoms with Crippen LogP contribution in [0, 0.1) is 24.6 Å². The fourth-order valence-electron chi connectivity index (χ4n) is 3.95. The van der Waals surface area contributed by atoms with Crippen molar-refractivity contribution in [2.45, 2.75) is 47.3 Å². The minimum atomic E-state index is -0.607. The number of hydrogen-bond donors (Lipinski definition) is 1. The molecule has 0 aliphatic heterocycles. The lowest BCUT2D eigenvalue weighted by Gasteiger charge is -2.27. The average molecular weight is 484 g/mol. The van der Waals surface area contributed by atoms with Crippen molar-refractivity contribution in [3.05, 3.63) is 71.7 Å². The van der Waals surface area contributed by atoms with E-state index in [1.165, 1.54) is 12.1 Å². The monoisotopic (exact) mass is 483 g/mol. The number of benzene rings is 2. The molecule has 0 fully saturated rings. The molecular weight excluding hydrogens is 445 g/mol. The molecule has 0 radical (unpaired) electrons. The Morgan fingerprint density at radius 2 is 1.71 bits per heavy atom. The van der Waals surface area contributed by atoms with Crippen LogP contribution in [0.1, 0.15) is 39.0 Å². The molecule has 0 aliphatic rings. The number of ether oxygens (including phenoxy) is 2. The molecule has 6 nitrogen and oxygen atoms in total. The summed E-state index contributed by atoms with van der Waals surface area (Å²) >= 11 is 0. The number of para-hydroxylation sites is 1. The smallest absolute Gasteiger partial charge is 0.227 e. The maximum Gasteiger partial charge on any atom is 0.227 e. The molecule has 2 aromatic carbocycles. The Morgan fingerprint density at radius 3 is 2.37 bits per heavy atom. The van der Waals surface area contributed by atoms with Crippen molar-refractivity contribution in [3.63, 3.8) is 0 Å². The first-order chi connectivity index (χ1) is 16.7. The van der Waals surface area contributed by atoms with E-state index in [1.807, 2.05) is 37.3 Å². The zero-order valence-corrected chi connectivity index (χ0v) is 21.4. The standard InChI is InChI=1S/C28H38FN3O3/c1-20(2)15-31(16-25(33)19-34-18-21(3)4)17-27-22(5)30-32(24-11-7-6-8-12-24)28(27)35-26-13-9-10-23(29)14-26/h6-14,20-21,25,33H,15-19H2,1-5H3/t25-/m0/s1. The first kappa shape index (κ1) is 26.9. The molecule has 0 amide bonds. The van der Waals surface area contributed by atoms with Gasteiger partial charge < -0.3 is 14.6 Å². The topological polar surface area (TPSA) is 59.8 Å². The van der Waals surface area contributed by atoms with Crippen molar-refractivity contribution < 1.29 is 19.0 Å². The number of aliphatic hydroxyl groups is 1. The van der Waals surface area contributed by atoms with Crippen molar-refractivity contribution >= 4 is 0 Å². The molecular formula is C28H38FN3O3. The number of nitrogens with zero attached hydrogens (tertiary/aromatic N) is 3. The Morgan fingerprint density at radius 1 is 0.971 bits per heavy atom. The van der Waals surface area contributed by atoms with Gasteiger partial charge >= 0.3 is 0 Å². The van der Waals surface area contributed by atoms with Crippen molar-refractivity contribution in [3.8, 4) is 17.3 Å². The van der Waals surface area contributed by atoms with Gasteiger partial charge in [0.15, 0.2) is 0 Å². The van der Waals surface area contributed by atoms with E-state index in [4.69, 9.17) is 14.6 Å². The molecule has 1 aromatic heterocycles. The summed E-state index contributed by atoms with van der Waals surface area (Å²) in [6.07, 6.45) is -0.607. The van der Waals surface area contributed by atoms with E-state index < -0.39 is 6.10 Å². The molecule has 3 rings (SSSR count). The SMILES string of the molecule is Cc1nn(-c2ccccc2)c(Oc2cccc(F)c2)c1CN(CC(C)C)C[C@H](O)COCC(C)C. The highest BCUT2D eigenvalue weighted by Crippen LogP contribution is 2.32. The van der Waals surface area contributed by atoms with Crippen molar-refractivity contribution in [2.24, 2.45) is 11.8 Å². The molecule has 190 valence electrons. The van der Waals surface area contributed by atoms with Gasteiger partial charge in [-0.05, 0) is 43.0 Å². The van der Waals surface area contributed by atoms with Crippen LogP contribution in [0.15, 0.2) is 54.6 Å². The van der Waals surface area contributed by atoms with E-state index in [0.717, 1.165) is 23.5 Å². The summed E-state index contributed by atoms with van der Waals surface area (Å²) in [7, 11) is 0. The van der Waals surface area contributed by atoms with E-state index in [1.54, 1.807) is 16.8 Å². The van der Waals surface area contributed by atoms with Crippen LogP contribution in [0.4, 0.5) is 4.39 Å². The molecule has 0 saturated heterocycles. The first-order valence-corrected chi connectivity index (χ1v) is 12.3. The van der Waals surface area contributed by atoms with E-state index in [0.29, 0.717) is 49.8 Å². The predicted octanol–water partition coefficient (Wildman–Crippen LogP) is 5.60. The maximum atomic E-state index is 13.9. The Labute approximate surface area is 208 Å². The number of aromatic nitrogens is 2. The highest BCUT2D eigenvalue weighted by Gasteiger charge is 2.23. The molecule has 1 heterocycles. The van der Waals surface area contributed by atoms with E-state index in [-0.39, 0.29) is 5.82 Å². The summed E-state index contributed by atoms with van der Waals surface area (Å²) in [4.78, 5) is 2.20. The van der Waals surface area contributed by atoms with E-state index in [2.05, 4.69) is 32.6 Å². The van der Waals surface area contributed by atoms with Crippen LogP contribution >= 0.6 is 0 Å². The highest BCUT2D eigenvalue weighted by atomic mass is 19.1. The normalized spacial score (nSPS) is 12.6. The lowest BCUT2D eigenvalue weighted by Crippen LogP contribution is -2.37. The largest absolute Gasteiger partial charge is 0.438 e. The Hall–Kier alpha value is -2.74. The van der Waals surface area contributed by atoms with Gasteiger partial charge in [0.25, 0.3) is 0 Å². The molecule has 35 heavy (non-hydrogen) atoms. The second-order valence-corrected chi connectivity index (χ2v) is 9.85. The second-order valence-electron chi connectivity index (χ2n) is 9.85. The van der Waals surface area contributed by atoms with Crippen LogP contribution in [0.3, 0.4) is 0 Å². The minimum Gasteiger partial charge on any atom is -0.438 e. The molecule has 3 aromatic rings. The van der Waals surface area contributed by atoms with E-state index >= 15 is 0 Å². The summed E-state index contributed by atoms with van der Waals surface area (Å²) in [5.41, 5.74) is 2.57. The van der Waals surface area contributed by atoms with Gasteiger partial charge in [0.05, 0.1) is 29.7 Å². The number of rotatable bonds is 13. The molecule has 7 heteroatoms. The van der Waals surface area contributed by atoms with Crippen molar-refractivity contribution in [1.82, 2.24) is 14.7 Å². The van der Waals surface area contributed by atoms with Crippen LogP contribution in [-0.4, -0.2) is 52.2 Å². The second kappa shape index (κ2) is 12.8. The summed E-state index contributed by atoms with van der Waals surface area (Å²) in [6, 6.07) is 15.8. The van der Waals surface area contributed by atoms with Crippen LogP contribution < -0.4 is 4.74 Å². The minimum absolute atomic E-state index is 0.293. The van der Waals surface area contributed by atoms with Gasteiger partial charge in [-0.1, -0.05) is 52.0 Å². The molecule has 1 atom stereocenters. The molecule has 0 bridgehead atoms. The number of halogens is 1. The fraction of sp³-hybridized carbons (Fsp3) is 0.464. The third kappa shape index (κ3) is 8.16. The van der Waals surface area contributed by atoms with Crippen LogP contribution in [-0.2, 0) is 11.3 Å². The number of aryl methyl sites for hydroxylation is 1. The maximum absolute atomic E-state index is 13.9. The third-order valence-electron chi connectivity index (χ3n) is 5.38. The lowest BCUT2D eigenvalue weighted by molar-refractivity contribution is 0.00511. The van der Waals surface area contributed by atoms with Crippen LogP contribution in [0.5, 0.6) is 11.6 Å². The van der Waals surface area contributed by atoms with Gasteiger partial charge in [-0.3, -0.25) is 4.90 Å². The number of hydrogen-bond acceptors (Lipinski definition) is 5. The Kier molecular flexibility index (Phi) is 9.83. The average Bonchev–Trinajstić information content (AvgIpc) is 3.08. The van der Waals surface area contributed by atoms with Crippen LogP contribution in [0.2, 0.25) is 0 Å². The Bertz CT molecular complexity index is 1050. The zero-order chi connectivity index (χ0) is 25.4. The van der Waals surface area contributed by atoms with Crippen molar-refractivity contribution in [2.75, 3.05) is 26.3 Å².